The van der Waals surface area contributed by atoms with Crippen molar-refractivity contribution >= 4 is 43.7 Å². The lowest BCUT2D eigenvalue weighted by Gasteiger charge is -2.29. The van der Waals surface area contributed by atoms with Gasteiger partial charge in [-0.1, -0.05) is 47.2 Å². The van der Waals surface area contributed by atoms with Gasteiger partial charge in [-0.25, -0.2) is 19.1 Å². The summed E-state index contributed by atoms with van der Waals surface area (Å²) < 4.78 is 3.32. The predicted octanol–water partition coefficient (Wildman–Crippen LogP) is 5.29. The average Bonchev–Trinajstić information content (AvgIpc) is 3.34. The number of para-hydroxylation sites is 1. The first-order valence-electron chi connectivity index (χ1n) is 13.7. The maximum atomic E-state index is 14.4. The van der Waals surface area contributed by atoms with Crippen molar-refractivity contribution in [2.45, 2.75) is 40.0 Å². The summed E-state index contributed by atoms with van der Waals surface area (Å²) in [6.45, 7) is 9.21. The molecule has 9 heteroatoms. The Hall–Kier alpha value is -3.98. The van der Waals surface area contributed by atoms with Crippen LogP contribution in [0, 0.1) is 6.92 Å². The number of aromatic nitrogens is 4. The molecule has 39 heavy (non-hydrogen) atoms. The molecule has 0 radical (unpaired) electrons. The van der Waals surface area contributed by atoms with Gasteiger partial charge < -0.3 is 9.80 Å². The lowest BCUT2D eigenvalue weighted by Crippen LogP contribution is -2.36. The number of fused-ring (bicyclic) bond motifs is 3. The lowest BCUT2D eigenvalue weighted by atomic mass is 10.1. The van der Waals surface area contributed by atoms with Gasteiger partial charge in [-0.15, -0.1) is 0 Å². The fourth-order valence-electron chi connectivity index (χ4n) is 5.41. The largest absolute Gasteiger partial charge is 0.342 e. The van der Waals surface area contributed by atoms with Crippen molar-refractivity contribution in [1.29, 1.82) is 0 Å². The number of nitrogens with zero attached hydrogens (tertiary/aromatic N) is 6. The molecule has 0 N–H and O–H groups in total. The third kappa shape index (κ3) is 4.30. The third-order valence-corrected chi connectivity index (χ3v) is 8.48. The van der Waals surface area contributed by atoms with E-state index in [0.29, 0.717) is 45.4 Å². The highest BCUT2D eigenvalue weighted by molar-refractivity contribution is 7.25. The van der Waals surface area contributed by atoms with Crippen LogP contribution in [0.1, 0.15) is 38.7 Å². The first-order valence-corrected chi connectivity index (χ1v) is 14.5. The number of aryl methyl sites for hydroxylation is 1. The van der Waals surface area contributed by atoms with Crippen LogP contribution in [-0.4, -0.2) is 45.3 Å². The molecule has 5 aromatic rings. The van der Waals surface area contributed by atoms with Gasteiger partial charge in [-0.3, -0.25) is 9.59 Å². The highest BCUT2D eigenvalue weighted by Gasteiger charge is 2.26. The number of hydrogen-bond donors (Lipinski definition) is 0. The van der Waals surface area contributed by atoms with Gasteiger partial charge in [0, 0.05) is 26.2 Å². The molecule has 0 saturated carbocycles. The van der Waals surface area contributed by atoms with Crippen LogP contribution in [0.4, 0.5) is 11.9 Å². The van der Waals surface area contributed by atoms with Crippen molar-refractivity contribution < 1.29 is 0 Å². The van der Waals surface area contributed by atoms with Crippen LogP contribution in [0.2, 0.25) is 0 Å². The maximum absolute atomic E-state index is 14.4. The van der Waals surface area contributed by atoms with E-state index in [1.165, 1.54) is 17.8 Å². The summed E-state index contributed by atoms with van der Waals surface area (Å²) in [5, 5.41) is 0.669. The van der Waals surface area contributed by atoms with Gasteiger partial charge in [-0.2, -0.15) is 0 Å². The summed E-state index contributed by atoms with van der Waals surface area (Å²) in [7, 11) is 0. The molecule has 0 amide bonds. The van der Waals surface area contributed by atoms with Crippen LogP contribution < -0.4 is 20.9 Å². The molecular weight excluding hydrogens is 508 g/mol. The first kappa shape index (κ1) is 25.3. The lowest BCUT2D eigenvalue weighted by molar-refractivity contribution is 0.563. The molecule has 200 valence electrons. The van der Waals surface area contributed by atoms with Crippen LogP contribution in [0.25, 0.3) is 31.8 Å². The molecule has 0 atom stereocenters. The van der Waals surface area contributed by atoms with Gasteiger partial charge in [-0.05, 0) is 64.3 Å². The Labute approximate surface area is 230 Å². The number of hydrogen-bond acceptors (Lipinski definition) is 7. The minimum atomic E-state index is -0.249. The van der Waals surface area contributed by atoms with Crippen molar-refractivity contribution in [3.63, 3.8) is 0 Å². The quantitative estimate of drug-likeness (QED) is 0.291. The molecule has 4 heterocycles. The number of piperidine rings is 1. The zero-order chi connectivity index (χ0) is 27.1. The molecule has 1 saturated heterocycles. The van der Waals surface area contributed by atoms with Crippen LogP contribution in [-0.2, 0) is 0 Å². The number of thiophene rings is 1. The Balaban J connectivity index is 1.71. The van der Waals surface area contributed by atoms with Gasteiger partial charge in [0.05, 0.1) is 22.1 Å². The standard InChI is InChI=1S/C30H32N6O2S/c1-4-33(5-2)29-31-25-23(28(38)36(29)22-16-14-20(3)15-17-22)24-26(39-25)32-30(34-18-10-7-11-19-34)35(27(24)37)21-12-8-6-9-13-21/h6,8-9,12-17H,4-5,7,10-11,18-19H2,1-3H3. The van der Waals surface area contributed by atoms with Gasteiger partial charge in [0.25, 0.3) is 11.1 Å². The topological polar surface area (TPSA) is 76.3 Å². The van der Waals surface area contributed by atoms with Gasteiger partial charge >= 0.3 is 0 Å². The second kappa shape index (κ2) is 10.3. The summed E-state index contributed by atoms with van der Waals surface area (Å²) in [4.78, 5) is 44.1. The number of benzene rings is 2. The Morgan fingerprint density at radius 3 is 2.00 bits per heavy atom. The van der Waals surface area contributed by atoms with Crippen molar-refractivity contribution in [1.82, 2.24) is 19.1 Å². The van der Waals surface area contributed by atoms with E-state index >= 15 is 0 Å². The fraction of sp³-hybridized carbons (Fsp3) is 0.333. The highest BCUT2D eigenvalue weighted by atomic mass is 32.1. The summed E-state index contributed by atoms with van der Waals surface area (Å²) in [6.07, 6.45) is 3.30. The minimum absolute atomic E-state index is 0.233. The van der Waals surface area contributed by atoms with Gasteiger partial charge in [0.1, 0.15) is 9.66 Å². The van der Waals surface area contributed by atoms with Crippen molar-refractivity contribution in [3.05, 3.63) is 80.9 Å². The normalized spacial score (nSPS) is 13.9. The molecule has 2 aromatic carbocycles. The Morgan fingerprint density at radius 2 is 1.36 bits per heavy atom. The molecule has 0 aliphatic carbocycles. The van der Waals surface area contributed by atoms with E-state index in [1.54, 1.807) is 9.13 Å². The molecule has 1 aliphatic heterocycles. The SMILES string of the molecule is CCN(CC)c1nc2sc3nc(N4CCCCC4)n(-c4ccccc4)c(=O)c3c2c(=O)n1-c1ccc(C)cc1. The zero-order valence-electron chi connectivity index (χ0n) is 22.6. The Bertz CT molecular complexity index is 1760. The van der Waals surface area contributed by atoms with E-state index in [1.807, 2.05) is 61.5 Å². The fourth-order valence-corrected chi connectivity index (χ4v) is 6.43. The van der Waals surface area contributed by atoms with Crippen LogP contribution in [0.3, 0.4) is 0 Å². The van der Waals surface area contributed by atoms with Crippen molar-refractivity contribution in [2.75, 3.05) is 36.0 Å². The molecule has 0 spiro atoms. The van der Waals surface area contributed by atoms with E-state index in [0.717, 1.165) is 42.9 Å². The second-order valence-electron chi connectivity index (χ2n) is 9.96. The molecule has 1 fully saturated rings. The Kier molecular flexibility index (Phi) is 6.68. The van der Waals surface area contributed by atoms with E-state index in [9.17, 15) is 9.59 Å². The van der Waals surface area contributed by atoms with E-state index in [-0.39, 0.29) is 11.1 Å². The highest BCUT2D eigenvalue weighted by Crippen LogP contribution is 2.32. The molecule has 6 rings (SSSR count). The van der Waals surface area contributed by atoms with Crippen molar-refractivity contribution in [3.8, 4) is 11.4 Å². The molecule has 0 unspecified atom stereocenters. The first-order chi connectivity index (χ1) is 19.0. The van der Waals surface area contributed by atoms with E-state index in [4.69, 9.17) is 9.97 Å². The molecule has 0 bridgehead atoms. The monoisotopic (exact) mass is 540 g/mol. The molecule has 1 aliphatic rings. The predicted molar refractivity (Wildman–Crippen MR) is 160 cm³/mol. The molecular formula is C30H32N6O2S. The third-order valence-electron chi connectivity index (χ3n) is 7.50. The van der Waals surface area contributed by atoms with Gasteiger partial charge in [0.2, 0.25) is 11.9 Å². The molecule has 3 aromatic heterocycles. The summed E-state index contributed by atoms with van der Waals surface area (Å²) >= 11 is 1.33. The van der Waals surface area contributed by atoms with E-state index < -0.39 is 0 Å². The van der Waals surface area contributed by atoms with Crippen LogP contribution >= 0.6 is 11.3 Å². The van der Waals surface area contributed by atoms with Gasteiger partial charge in [0.15, 0.2) is 0 Å². The maximum Gasteiger partial charge on any atom is 0.269 e. The average molecular weight is 541 g/mol. The van der Waals surface area contributed by atoms with Crippen molar-refractivity contribution in [2.24, 2.45) is 0 Å². The summed E-state index contributed by atoms with van der Waals surface area (Å²) in [5.41, 5.74) is 2.08. The summed E-state index contributed by atoms with van der Waals surface area (Å²) in [5.74, 6) is 1.21. The van der Waals surface area contributed by atoms with Crippen LogP contribution in [0.5, 0.6) is 0 Å². The smallest absolute Gasteiger partial charge is 0.269 e. The second-order valence-corrected chi connectivity index (χ2v) is 10.9. The Morgan fingerprint density at radius 1 is 0.769 bits per heavy atom. The number of anilines is 2. The van der Waals surface area contributed by atoms with E-state index in [2.05, 4.69) is 23.6 Å². The molecule has 8 nitrogen and oxygen atoms in total. The summed E-state index contributed by atoms with van der Waals surface area (Å²) in [6, 6.07) is 17.4. The van der Waals surface area contributed by atoms with Crippen LogP contribution in [0.15, 0.2) is 64.2 Å². The minimum Gasteiger partial charge on any atom is -0.342 e. The zero-order valence-corrected chi connectivity index (χ0v) is 23.4. The number of rotatable bonds is 6.